The highest BCUT2D eigenvalue weighted by atomic mass is 15.2. The third kappa shape index (κ3) is 2.19. The molecule has 1 saturated carbocycles. The lowest BCUT2D eigenvalue weighted by atomic mass is 9.75. The maximum atomic E-state index is 9.13. The minimum absolute atomic E-state index is 0.261. The minimum atomic E-state index is 0.261. The van der Waals surface area contributed by atoms with Gasteiger partial charge in [0, 0.05) is 25.3 Å². The van der Waals surface area contributed by atoms with E-state index in [1.807, 2.05) is 7.05 Å². The lowest BCUT2D eigenvalue weighted by Gasteiger charge is -2.49. The third-order valence-electron chi connectivity index (χ3n) is 4.10. The first-order chi connectivity index (χ1) is 8.59. The van der Waals surface area contributed by atoms with Crippen LogP contribution in [0.2, 0.25) is 0 Å². The van der Waals surface area contributed by atoms with Crippen LogP contribution in [0, 0.1) is 11.3 Å². The van der Waals surface area contributed by atoms with Gasteiger partial charge in [-0.2, -0.15) is 5.26 Å². The van der Waals surface area contributed by atoms with Crippen molar-refractivity contribution in [1.82, 2.24) is 9.88 Å². The average molecular weight is 244 g/mol. The van der Waals surface area contributed by atoms with E-state index in [-0.39, 0.29) is 5.54 Å². The van der Waals surface area contributed by atoms with Gasteiger partial charge in [0.2, 0.25) is 0 Å². The molecule has 1 aromatic rings. The molecule has 1 aliphatic carbocycles. The molecule has 2 rings (SSSR count). The molecule has 1 heterocycles. The van der Waals surface area contributed by atoms with Gasteiger partial charge in [-0.05, 0) is 39.4 Å². The molecule has 0 radical (unpaired) electrons. The van der Waals surface area contributed by atoms with Crippen LogP contribution in [0.15, 0.2) is 18.5 Å². The second-order valence-corrected chi connectivity index (χ2v) is 5.33. The molecule has 1 aliphatic rings. The SMILES string of the molecule is CN(CC1(N(C)C)CCC1)c1cnccc1C#N. The van der Waals surface area contributed by atoms with Crippen molar-refractivity contribution in [2.45, 2.75) is 24.8 Å². The van der Waals surface area contributed by atoms with E-state index >= 15 is 0 Å². The molecule has 0 aromatic carbocycles. The Morgan fingerprint density at radius 1 is 1.39 bits per heavy atom. The number of hydrogen-bond donors (Lipinski definition) is 0. The molecule has 0 bridgehead atoms. The van der Waals surface area contributed by atoms with E-state index in [0.717, 1.165) is 12.2 Å². The summed E-state index contributed by atoms with van der Waals surface area (Å²) in [4.78, 5) is 8.60. The van der Waals surface area contributed by atoms with Crippen molar-refractivity contribution >= 4 is 5.69 Å². The van der Waals surface area contributed by atoms with Crippen LogP contribution in [0.4, 0.5) is 5.69 Å². The number of nitrogens with zero attached hydrogens (tertiary/aromatic N) is 4. The summed E-state index contributed by atoms with van der Waals surface area (Å²) in [6, 6.07) is 4.00. The first kappa shape index (κ1) is 12.8. The van der Waals surface area contributed by atoms with Crippen LogP contribution >= 0.6 is 0 Å². The normalized spacial score (nSPS) is 17.1. The Morgan fingerprint density at radius 2 is 2.11 bits per heavy atom. The van der Waals surface area contributed by atoms with Gasteiger partial charge in [0.1, 0.15) is 6.07 Å². The molecular formula is C14H20N4. The van der Waals surface area contributed by atoms with E-state index in [4.69, 9.17) is 5.26 Å². The standard InChI is InChI=1S/C14H20N4/c1-17(2)14(6-4-7-14)11-18(3)13-10-16-8-5-12(13)9-15/h5,8,10H,4,6-7,11H2,1-3H3. The highest BCUT2D eigenvalue weighted by Gasteiger charge is 2.40. The summed E-state index contributed by atoms with van der Waals surface area (Å²) in [5.74, 6) is 0. The van der Waals surface area contributed by atoms with Crippen LogP contribution in [-0.2, 0) is 0 Å². The molecule has 0 unspecified atom stereocenters. The van der Waals surface area contributed by atoms with Gasteiger partial charge >= 0.3 is 0 Å². The van der Waals surface area contributed by atoms with E-state index in [2.05, 4.69) is 34.9 Å². The van der Waals surface area contributed by atoms with Gasteiger partial charge in [-0.15, -0.1) is 0 Å². The summed E-state index contributed by atoms with van der Waals surface area (Å²) in [5.41, 5.74) is 1.88. The van der Waals surface area contributed by atoms with E-state index in [1.165, 1.54) is 19.3 Å². The van der Waals surface area contributed by atoms with Gasteiger partial charge in [-0.1, -0.05) is 0 Å². The number of aromatic nitrogens is 1. The van der Waals surface area contributed by atoms with Crippen LogP contribution in [0.1, 0.15) is 24.8 Å². The molecule has 0 amide bonds. The lowest BCUT2D eigenvalue weighted by molar-refractivity contribution is 0.0683. The van der Waals surface area contributed by atoms with Crippen molar-refractivity contribution in [3.63, 3.8) is 0 Å². The summed E-state index contributed by atoms with van der Waals surface area (Å²) >= 11 is 0. The van der Waals surface area contributed by atoms with E-state index in [9.17, 15) is 0 Å². The molecule has 0 N–H and O–H groups in total. The number of rotatable bonds is 4. The van der Waals surface area contributed by atoms with Crippen LogP contribution < -0.4 is 4.90 Å². The van der Waals surface area contributed by atoms with Crippen LogP contribution in [0.3, 0.4) is 0 Å². The number of pyridine rings is 1. The zero-order valence-electron chi connectivity index (χ0n) is 11.3. The molecule has 4 nitrogen and oxygen atoms in total. The Labute approximate surface area is 109 Å². The van der Waals surface area contributed by atoms with Gasteiger partial charge < -0.3 is 9.80 Å². The van der Waals surface area contributed by atoms with Crippen LogP contribution in [0.25, 0.3) is 0 Å². The van der Waals surface area contributed by atoms with Crippen molar-refractivity contribution < 1.29 is 0 Å². The molecule has 1 aromatic heterocycles. The first-order valence-corrected chi connectivity index (χ1v) is 6.32. The summed E-state index contributed by atoms with van der Waals surface area (Å²) in [6.07, 6.45) is 7.20. The van der Waals surface area contributed by atoms with Crippen molar-refractivity contribution in [2.75, 3.05) is 32.6 Å². The van der Waals surface area contributed by atoms with Crippen LogP contribution in [0.5, 0.6) is 0 Å². The fraction of sp³-hybridized carbons (Fsp3) is 0.571. The van der Waals surface area contributed by atoms with Gasteiger partial charge in [-0.25, -0.2) is 0 Å². The zero-order valence-corrected chi connectivity index (χ0v) is 11.3. The maximum Gasteiger partial charge on any atom is 0.101 e. The van der Waals surface area contributed by atoms with Gasteiger partial charge in [0.25, 0.3) is 0 Å². The van der Waals surface area contributed by atoms with Gasteiger partial charge in [0.15, 0.2) is 0 Å². The van der Waals surface area contributed by atoms with Crippen molar-refractivity contribution in [3.8, 4) is 6.07 Å². The largest absolute Gasteiger partial charge is 0.370 e. The molecular weight excluding hydrogens is 224 g/mol. The number of nitriles is 1. The molecule has 0 spiro atoms. The van der Waals surface area contributed by atoms with E-state index < -0.39 is 0 Å². The summed E-state index contributed by atoms with van der Waals surface area (Å²) < 4.78 is 0. The van der Waals surface area contributed by atoms with Crippen LogP contribution in [-0.4, -0.2) is 43.1 Å². The zero-order chi connectivity index (χ0) is 13.2. The summed E-state index contributed by atoms with van der Waals surface area (Å²) in [6.45, 7) is 0.945. The Bertz CT molecular complexity index is 457. The number of likely N-dealkylation sites (N-methyl/N-ethyl adjacent to an activating group) is 2. The minimum Gasteiger partial charge on any atom is -0.370 e. The molecule has 0 atom stereocenters. The summed E-state index contributed by atoms with van der Waals surface area (Å²) in [7, 11) is 6.32. The fourth-order valence-electron chi connectivity index (χ4n) is 2.64. The first-order valence-electron chi connectivity index (χ1n) is 6.32. The lowest BCUT2D eigenvalue weighted by Crippen LogP contribution is -2.56. The molecule has 1 fully saturated rings. The number of anilines is 1. The Balaban J connectivity index is 2.17. The van der Waals surface area contributed by atoms with E-state index in [0.29, 0.717) is 5.56 Å². The predicted octanol–water partition coefficient (Wildman–Crippen LogP) is 1.87. The highest BCUT2D eigenvalue weighted by molar-refractivity contribution is 5.57. The Kier molecular flexibility index (Phi) is 3.53. The third-order valence-corrected chi connectivity index (χ3v) is 4.10. The topological polar surface area (TPSA) is 43.2 Å². The van der Waals surface area contributed by atoms with Crippen molar-refractivity contribution in [1.29, 1.82) is 5.26 Å². The Morgan fingerprint density at radius 3 is 2.61 bits per heavy atom. The maximum absolute atomic E-state index is 9.13. The van der Waals surface area contributed by atoms with Gasteiger partial charge in [-0.3, -0.25) is 4.98 Å². The monoisotopic (exact) mass is 244 g/mol. The molecule has 96 valence electrons. The summed E-state index contributed by atoms with van der Waals surface area (Å²) in [5, 5.41) is 9.13. The quantitative estimate of drug-likeness (QED) is 0.811. The van der Waals surface area contributed by atoms with Crippen molar-refractivity contribution in [3.05, 3.63) is 24.0 Å². The van der Waals surface area contributed by atoms with Gasteiger partial charge in [0.05, 0.1) is 17.4 Å². The van der Waals surface area contributed by atoms with E-state index in [1.54, 1.807) is 18.5 Å². The predicted molar refractivity (Wildman–Crippen MR) is 72.5 cm³/mol. The highest BCUT2D eigenvalue weighted by Crippen LogP contribution is 2.37. The van der Waals surface area contributed by atoms with Crippen molar-refractivity contribution in [2.24, 2.45) is 0 Å². The second-order valence-electron chi connectivity index (χ2n) is 5.33. The average Bonchev–Trinajstić information content (AvgIpc) is 2.33. The second kappa shape index (κ2) is 4.95. The molecule has 4 heteroatoms. The smallest absolute Gasteiger partial charge is 0.101 e. The molecule has 0 aliphatic heterocycles. The Hall–Kier alpha value is -1.60. The fourth-order valence-corrected chi connectivity index (χ4v) is 2.64. The molecule has 18 heavy (non-hydrogen) atoms. The number of hydrogen-bond acceptors (Lipinski definition) is 4. The molecule has 0 saturated heterocycles.